The van der Waals surface area contributed by atoms with Gasteiger partial charge in [0.05, 0.1) is 24.4 Å². The highest BCUT2D eigenvalue weighted by Gasteiger charge is 2.19. The fraction of sp³-hybridized carbons (Fsp3) is 0.158. The highest BCUT2D eigenvalue weighted by molar-refractivity contribution is 7.13. The van der Waals surface area contributed by atoms with Crippen molar-refractivity contribution in [3.63, 3.8) is 0 Å². The summed E-state index contributed by atoms with van der Waals surface area (Å²) >= 11 is 1.39. The molecule has 3 rings (SSSR count). The first kappa shape index (κ1) is 16.2. The van der Waals surface area contributed by atoms with Crippen LogP contribution in [0.15, 0.2) is 60.8 Å². The average Bonchev–Trinajstić information content (AvgIpc) is 3.07. The lowest BCUT2D eigenvalue weighted by atomic mass is 9.98. The lowest BCUT2D eigenvalue weighted by molar-refractivity contribution is 0.0947. The second-order valence-corrected chi connectivity index (χ2v) is 6.57. The van der Waals surface area contributed by atoms with Crippen LogP contribution in [0.3, 0.4) is 0 Å². The molecule has 0 fully saturated rings. The third-order valence-corrected chi connectivity index (χ3v) is 4.61. The number of hydrogen-bond acceptors (Lipinski definition) is 4. The number of aromatic nitrogens is 1. The van der Waals surface area contributed by atoms with Gasteiger partial charge in [-0.1, -0.05) is 42.5 Å². The number of ether oxygens (including phenoxy) is 1. The second kappa shape index (κ2) is 7.27. The van der Waals surface area contributed by atoms with Crippen LogP contribution in [0.5, 0.6) is 5.75 Å². The number of amides is 1. The average molecular weight is 338 g/mol. The van der Waals surface area contributed by atoms with Crippen LogP contribution in [0, 0.1) is 6.92 Å². The monoisotopic (exact) mass is 338 g/mol. The molecule has 0 unspecified atom stereocenters. The fourth-order valence-electron chi connectivity index (χ4n) is 2.47. The molecule has 0 spiro atoms. The summed E-state index contributed by atoms with van der Waals surface area (Å²) in [4.78, 5) is 17.3. The fourth-order valence-corrected chi connectivity index (χ4v) is 3.15. The molecule has 0 saturated carbocycles. The van der Waals surface area contributed by atoms with E-state index in [0.717, 1.165) is 21.9 Å². The van der Waals surface area contributed by atoms with Gasteiger partial charge in [0.25, 0.3) is 5.91 Å². The Labute approximate surface area is 145 Å². The van der Waals surface area contributed by atoms with Crippen molar-refractivity contribution in [3.8, 4) is 5.75 Å². The predicted molar refractivity (Wildman–Crippen MR) is 95.6 cm³/mol. The molecular formula is C19H18N2O2S. The highest BCUT2D eigenvalue weighted by Crippen LogP contribution is 2.25. The largest absolute Gasteiger partial charge is 0.497 e. The molecule has 1 amide bonds. The highest BCUT2D eigenvalue weighted by atomic mass is 32.1. The molecule has 122 valence electrons. The molecule has 0 radical (unpaired) electrons. The quantitative estimate of drug-likeness (QED) is 0.765. The molecule has 4 nitrogen and oxygen atoms in total. The molecule has 1 aromatic heterocycles. The van der Waals surface area contributed by atoms with Crippen molar-refractivity contribution in [2.45, 2.75) is 13.0 Å². The smallest absolute Gasteiger partial charge is 0.263 e. The number of hydrogen-bond donors (Lipinski definition) is 1. The summed E-state index contributed by atoms with van der Waals surface area (Å²) in [6.45, 7) is 1.89. The molecule has 0 aliphatic rings. The number of nitrogens with zero attached hydrogens (tertiary/aromatic N) is 1. The Balaban J connectivity index is 1.91. The third-order valence-electron chi connectivity index (χ3n) is 3.70. The predicted octanol–water partition coefficient (Wildman–Crippen LogP) is 3.98. The summed E-state index contributed by atoms with van der Waals surface area (Å²) in [6.07, 6.45) is 1.62. The van der Waals surface area contributed by atoms with E-state index in [2.05, 4.69) is 10.3 Å². The van der Waals surface area contributed by atoms with E-state index in [-0.39, 0.29) is 11.9 Å². The van der Waals surface area contributed by atoms with Crippen molar-refractivity contribution in [1.29, 1.82) is 0 Å². The van der Waals surface area contributed by atoms with Gasteiger partial charge in [0.2, 0.25) is 0 Å². The van der Waals surface area contributed by atoms with Crippen LogP contribution < -0.4 is 10.1 Å². The standard InChI is InChI=1S/C19H18N2O2S/c1-13-20-12-17(24-13)19(22)21-18(14-6-4-3-5-7-14)15-8-10-16(23-2)11-9-15/h3-12,18H,1-2H3,(H,21,22)/t18-/m1/s1. The van der Waals surface area contributed by atoms with Gasteiger partial charge in [-0.05, 0) is 30.2 Å². The van der Waals surface area contributed by atoms with E-state index >= 15 is 0 Å². The zero-order valence-corrected chi connectivity index (χ0v) is 14.3. The third kappa shape index (κ3) is 3.63. The van der Waals surface area contributed by atoms with E-state index < -0.39 is 0 Å². The van der Waals surface area contributed by atoms with Crippen LogP contribution in [0.2, 0.25) is 0 Å². The number of thiazole rings is 1. The molecule has 1 heterocycles. The maximum absolute atomic E-state index is 12.6. The molecule has 1 N–H and O–H groups in total. The van der Waals surface area contributed by atoms with Gasteiger partial charge in [-0.3, -0.25) is 4.79 Å². The molecule has 0 saturated heterocycles. The van der Waals surface area contributed by atoms with Crippen LogP contribution in [0.1, 0.15) is 31.8 Å². The van der Waals surface area contributed by atoms with Crippen LogP contribution in [-0.2, 0) is 0 Å². The summed E-state index contributed by atoms with van der Waals surface area (Å²) in [5.41, 5.74) is 2.02. The summed E-state index contributed by atoms with van der Waals surface area (Å²) in [6, 6.07) is 17.4. The first-order valence-corrected chi connectivity index (χ1v) is 8.41. The summed E-state index contributed by atoms with van der Waals surface area (Å²) in [7, 11) is 1.64. The van der Waals surface area contributed by atoms with Crippen LogP contribution >= 0.6 is 11.3 Å². The molecular weight excluding hydrogens is 320 g/mol. The molecule has 2 aromatic carbocycles. The molecule has 0 aliphatic carbocycles. The molecule has 3 aromatic rings. The molecule has 24 heavy (non-hydrogen) atoms. The Hall–Kier alpha value is -2.66. The van der Waals surface area contributed by atoms with Gasteiger partial charge in [0, 0.05) is 0 Å². The van der Waals surface area contributed by atoms with Gasteiger partial charge in [-0.2, -0.15) is 0 Å². The van der Waals surface area contributed by atoms with Gasteiger partial charge in [0.1, 0.15) is 10.6 Å². The van der Waals surface area contributed by atoms with E-state index in [9.17, 15) is 4.79 Å². The summed E-state index contributed by atoms with van der Waals surface area (Å²) < 4.78 is 5.21. The molecule has 5 heteroatoms. The Morgan fingerprint density at radius 1 is 1.08 bits per heavy atom. The van der Waals surface area contributed by atoms with Gasteiger partial charge < -0.3 is 10.1 Å². The first-order valence-electron chi connectivity index (χ1n) is 7.59. The van der Waals surface area contributed by atoms with Gasteiger partial charge >= 0.3 is 0 Å². The van der Waals surface area contributed by atoms with Crippen molar-refractivity contribution in [1.82, 2.24) is 10.3 Å². The Bertz CT molecular complexity index is 813. The molecule has 1 atom stereocenters. The lowest BCUT2D eigenvalue weighted by Crippen LogP contribution is -2.28. The number of benzene rings is 2. The second-order valence-electron chi connectivity index (χ2n) is 5.33. The lowest BCUT2D eigenvalue weighted by Gasteiger charge is -2.19. The SMILES string of the molecule is COc1ccc([C@H](NC(=O)c2cnc(C)s2)c2ccccc2)cc1. The van der Waals surface area contributed by atoms with Crippen LogP contribution in [-0.4, -0.2) is 18.0 Å². The first-order chi connectivity index (χ1) is 11.7. The minimum atomic E-state index is -0.230. The van der Waals surface area contributed by atoms with E-state index in [1.807, 2.05) is 61.5 Å². The van der Waals surface area contributed by atoms with Crippen molar-refractivity contribution in [3.05, 3.63) is 81.8 Å². The summed E-state index contributed by atoms with van der Waals surface area (Å²) in [5, 5.41) is 3.98. The van der Waals surface area contributed by atoms with E-state index in [0.29, 0.717) is 4.88 Å². The Morgan fingerprint density at radius 2 is 1.75 bits per heavy atom. The number of carbonyl (C=O) groups excluding carboxylic acids is 1. The number of nitrogens with one attached hydrogen (secondary N) is 1. The van der Waals surface area contributed by atoms with Crippen LogP contribution in [0.25, 0.3) is 0 Å². The van der Waals surface area contributed by atoms with Gasteiger partial charge in [0.15, 0.2) is 0 Å². The van der Waals surface area contributed by atoms with Crippen molar-refractivity contribution >= 4 is 17.2 Å². The Kier molecular flexibility index (Phi) is 4.91. The Morgan fingerprint density at radius 3 is 2.33 bits per heavy atom. The number of carbonyl (C=O) groups is 1. The maximum atomic E-state index is 12.6. The zero-order chi connectivity index (χ0) is 16.9. The normalized spacial score (nSPS) is 11.8. The summed E-state index contributed by atoms with van der Waals surface area (Å²) in [5.74, 6) is 0.667. The number of rotatable bonds is 5. The van der Waals surface area contributed by atoms with Crippen molar-refractivity contribution in [2.24, 2.45) is 0 Å². The van der Waals surface area contributed by atoms with Gasteiger partial charge in [-0.25, -0.2) is 4.98 Å². The van der Waals surface area contributed by atoms with Crippen LogP contribution in [0.4, 0.5) is 0 Å². The molecule has 0 aliphatic heterocycles. The zero-order valence-electron chi connectivity index (χ0n) is 13.5. The minimum Gasteiger partial charge on any atom is -0.497 e. The van der Waals surface area contributed by atoms with E-state index in [1.165, 1.54) is 11.3 Å². The van der Waals surface area contributed by atoms with E-state index in [1.54, 1.807) is 13.3 Å². The number of aryl methyl sites for hydroxylation is 1. The minimum absolute atomic E-state index is 0.120. The van der Waals surface area contributed by atoms with E-state index in [4.69, 9.17) is 4.74 Å². The van der Waals surface area contributed by atoms with Crippen molar-refractivity contribution in [2.75, 3.05) is 7.11 Å². The molecule has 0 bridgehead atoms. The number of methoxy groups -OCH3 is 1. The maximum Gasteiger partial charge on any atom is 0.263 e. The van der Waals surface area contributed by atoms with Gasteiger partial charge in [-0.15, -0.1) is 11.3 Å². The topological polar surface area (TPSA) is 51.2 Å². The van der Waals surface area contributed by atoms with Crippen molar-refractivity contribution < 1.29 is 9.53 Å².